The van der Waals surface area contributed by atoms with E-state index in [1.54, 1.807) is 18.3 Å². The number of Topliss-reactive ketones (excluding diaryl/α,β-unsaturated/α-hetero) is 1. The lowest BCUT2D eigenvalue weighted by molar-refractivity contribution is -0.145. The van der Waals surface area contributed by atoms with E-state index in [0.29, 0.717) is 18.4 Å². The normalized spacial score (nSPS) is 16.9. The van der Waals surface area contributed by atoms with E-state index in [1.807, 2.05) is 0 Å². The van der Waals surface area contributed by atoms with E-state index in [0.717, 1.165) is 0 Å². The Hall–Kier alpha value is -1.71. The van der Waals surface area contributed by atoms with Crippen LogP contribution in [0.1, 0.15) is 23.2 Å². The second-order valence-electron chi connectivity index (χ2n) is 3.64. The number of hydrogen-bond acceptors (Lipinski definition) is 4. The number of ether oxygens (including phenoxy) is 1. The van der Waals surface area contributed by atoms with Crippen molar-refractivity contribution >= 4 is 11.8 Å². The minimum Gasteiger partial charge on any atom is -0.468 e. The number of carbonyl (C=O) groups is 2. The van der Waals surface area contributed by atoms with E-state index < -0.39 is 11.4 Å². The van der Waals surface area contributed by atoms with Crippen molar-refractivity contribution in [1.29, 1.82) is 0 Å². The lowest BCUT2D eigenvalue weighted by atomic mass is 9.96. The third kappa shape index (κ3) is 1.52. The SMILES string of the molecule is COC(=O)C1(C(=O)c2cccnc2)CC1. The molecule has 0 spiro atoms. The number of ketones is 1. The van der Waals surface area contributed by atoms with Crippen LogP contribution in [-0.4, -0.2) is 23.8 Å². The van der Waals surface area contributed by atoms with Crippen LogP contribution in [0.4, 0.5) is 0 Å². The summed E-state index contributed by atoms with van der Waals surface area (Å²) in [6, 6.07) is 3.35. The largest absolute Gasteiger partial charge is 0.468 e. The number of methoxy groups -OCH3 is 1. The zero-order valence-corrected chi connectivity index (χ0v) is 8.40. The van der Waals surface area contributed by atoms with Gasteiger partial charge in [-0.25, -0.2) is 0 Å². The molecule has 0 saturated heterocycles. The third-order valence-corrected chi connectivity index (χ3v) is 2.68. The van der Waals surface area contributed by atoms with Crippen LogP contribution in [0.25, 0.3) is 0 Å². The van der Waals surface area contributed by atoms with Crippen LogP contribution in [0.15, 0.2) is 24.5 Å². The highest BCUT2D eigenvalue weighted by atomic mass is 16.5. The van der Waals surface area contributed by atoms with Gasteiger partial charge < -0.3 is 4.74 Å². The van der Waals surface area contributed by atoms with E-state index >= 15 is 0 Å². The van der Waals surface area contributed by atoms with E-state index in [4.69, 9.17) is 0 Å². The molecule has 4 nitrogen and oxygen atoms in total. The van der Waals surface area contributed by atoms with Crippen molar-refractivity contribution in [2.24, 2.45) is 5.41 Å². The van der Waals surface area contributed by atoms with E-state index in [-0.39, 0.29) is 5.78 Å². The van der Waals surface area contributed by atoms with Gasteiger partial charge in [0.15, 0.2) is 5.78 Å². The Labute approximate surface area is 87.3 Å². The topological polar surface area (TPSA) is 56.3 Å². The number of nitrogens with zero attached hydrogens (tertiary/aromatic N) is 1. The molecule has 78 valence electrons. The first kappa shape index (κ1) is 9.83. The summed E-state index contributed by atoms with van der Waals surface area (Å²) in [7, 11) is 1.30. The number of rotatable bonds is 3. The number of aromatic nitrogens is 1. The van der Waals surface area contributed by atoms with Crippen molar-refractivity contribution in [1.82, 2.24) is 4.98 Å². The molecule has 0 amide bonds. The summed E-state index contributed by atoms with van der Waals surface area (Å²) in [6.07, 6.45) is 4.22. The first-order valence-electron chi connectivity index (χ1n) is 4.74. The Morgan fingerprint density at radius 1 is 1.47 bits per heavy atom. The molecule has 0 atom stereocenters. The summed E-state index contributed by atoms with van der Waals surface area (Å²) >= 11 is 0. The van der Waals surface area contributed by atoms with Crippen molar-refractivity contribution in [3.8, 4) is 0 Å². The Morgan fingerprint density at radius 3 is 2.67 bits per heavy atom. The van der Waals surface area contributed by atoms with Gasteiger partial charge in [0.1, 0.15) is 5.41 Å². The first-order chi connectivity index (χ1) is 7.20. The molecule has 0 N–H and O–H groups in total. The zero-order chi connectivity index (χ0) is 10.9. The molecule has 0 aromatic carbocycles. The van der Waals surface area contributed by atoms with Gasteiger partial charge in [0, 0.05) is 18.0 Å². The Bertz CT molecular complexity index is 396. The minimum atomic E-state index is -0.919. The van der Waals surface area contributed by atoms with Crippen molar-refractivity contribution in [3.05, 3.63) is 30.1 Å². The Kier molecular flexibility index (Phi) is 2.26. The van der Waals surface area contributed by atoms with E-state index in [9.17, 15) is 9.59 Å². The van der Waals surface area contributed by atoms with Crippen LogP contribution in [0.2, 0.25) is 0 Å². The number of esters is 1. The van der Waals surface area contributed by atoms with Gasteiger partial charge in [-0.2, -0.15) is 0 Å². The molecular formula is C11H11NO3. The summed E-state index contributed by atoms with van der Waals surface area (Å²) in [6.45, 7) is 0. The van der Waals surface area contributed by atoms with Gasteiger partial charge in [-0.3, -0.25) is 14.6 Å². The fraction of sp³-hybridized carbons (Fsp3) is 0.364. The van der Waals surface area contributed by atoms with Crippen molar-refractivity contribution in [2.45, 2.75) is 12.8 Å². The highest BCUT2D eigenvalue weighted by Crippen LogP contribution is 2.49. The third-order valence-electron chi connectivity index (χ3n) is 2.68. The lowest BCUT2D eigenvalue weighted by Crippen LogP contribution is -2.27. The molecule has 1 aromatic rings. The molecule has 0 radical (unpaired) electrons. The van der Waals surface area contributed by atoms with Gasteiger partial charge >= 0.3 is 5.97 Å². The molecule has 1 fully saturated rings. The van der Waals surface area contributed by atoms with Gasteiger partial charge in [-0.1, -0.05) is 0 Å². The van der Waals surface area contributed by atoms with Gasteiger partial charge in [-0.05, 0) is 25.0 Å². The maximum absolute atomic E-state index is 12.0. The molecule has 15 heavy (non-hydrogen) atoms. The quantitative estimate of drug-likeness (QED) is 0.423. The average Bonchev–Trinajstić information content (AvgIpc) is 3.09. The molecule has 1 aromatic heterocycles. The van der Waals surface area contributed by atoms with Crippen LogP contribution >= 0.6 is 0 Å². The molecular weight excluding hydrogens is 194 g/mol. The van der Waals surface area contributed by atoms with Crippen LogP contribution in [0, 0.1) is 5.41 Å². The Morgan fingerprint density at radius 2 is 2.20 bits per heavy atom. The average molecular weight is 205 g/mol. The van der Waals surface area contributed by atoms with Crippen LogP contribution in [-0.2, 0) is 9.53 Å². The van der Waals surface area contributed by atoms with Crippen molar-refractivity contribution in [2.75, 3.05) is 7.11 Å². The molecule has 1 heterocycles. The maximum atomic E-state index is 12.0. The molecule has 0 aliphatic heterocycles. The van der Waals surface area contributed by atoms with E-state index in [2.05, 4.69) is 9.72 Å². The fourth-order valence-corrected chi connectivity index (χ4v) is 1.62. The predicted octanol–water partition coefficient (Wildman–Crippen LogP) is 1.22. The van der Waals surface area contributed by atoms with E-state index in [1.165, 1.54) is 13.3 Å². The lowest BCUT2D eigenvalue weighted by Gasteiger charge is -2.10. The molecule has 1 saturated carbocycles. The standard InChI is InChI=1S/C11H11NO3/c1-15-10(14)11(4-5-11)9(13)8-3-2-6-12-7-8/h2-3,6-7H,4-5H2,1H3. The summed E-state index contributed by atoms with van der Waals surface area (Å²) in [5, 5.41) is 0. The summed E-state index contributed by atoms with van der Waals surface area (Å²) in [5.74, 6) is -0.612. The van der Waals surface area contributed by atoms with Gasteiger partial charge in [0.2, 0.25) is 0 Å². The van der Waals surface area contributed by atoms with Gasteiger partial charge in [0.05, 0.1) is 7.11 Å². The second-order valence-corrected chi connectivity index (χ2v) is 3.64. The number of pyridine rings is 1. The Balaban J connectivity index is 2.26. The molecule has 1 aliphatic rings. The summed E-state index contributed by atoms with van der Waals surface area (Å²) in [4.78, 5) is 27.3. The molecule has 0 unspecified atom stereocenters. The van der Waals surface area contributed by atoms with Crippen molar-refractivity contribution < 1.29 is 14.3 Å². The van der Waals surface area contributed by atoms with Crippen molar-refractivity contribution in [3.63, 3.8) is 0 Å². The second kappa shape index (κ2) is 3.46. The van der Waals surface area contributed by atoms with Crippen LogP contribution < -0.4 is 0 Å². The monoisotopic (exact) mass is 205 g/mol. The number of hydrogen-bond donors (Lipinski definition) is 0. The smallest absolute Gasteiger partial charge is 0.319 e. The zero-order valence-electron chi connectivity index (χ0n) is 8.40. The summed E-state index contributed by atoms with van der Waals surface area (Å²) in [5.41, 5.74) is -0.446. The van der Waals surface area contributed by atoms with Gasteiger partial charge in [0.25, 0.3) is 0 Å². The predicted molar refractivity (Wildman–Crippen MR) is 52.3 cm³/mol. The first-order valence-corrected chi connectivity index (χ1v) is 4.74. The molecule has 4 heteroatoms. The van der Waals surface area contributed by atoms with Gasteiger partial charge in [-0.15, -0.1) is 0 Å². The maximum Gasteiger partial charge on any atom is 0.319 e. The minimum absolute atomic E-state index is 0.178. The fourth-order valence-electron chi connectivity index (χ4n) is 1.62. The molecule has 1 aliphatic carbocycles. The highest BCUT2D eigenvalue weighted by molar-refractivity contribution is 6.14. The van der Waals surface area contributed by atoms with Crippen LogP contribution in [0.3, 0.4) is 0 Å². The summed E-state index contributed by atoms with van der Waals surface area (Å²) < 4.78 is 4.64. The van der Waals surface area contributed by atoms with Crippen LogP contribution in [0.5, 0.6) is 0 Å². The number of carbonyl (C=O) groups excluding carboxylic acids is 2. The molecule has 0 bridgehead atoms. The molecule has 2 rings (SSSR count). The highest BCUT2D eigenvalue weighted by Gasteiger charge is 2.57.